The molecule has 10 heteroatoms. The SMILES string of the molecule is Fc1cc(Nc2cc(C(F)(F)F)nc(Cl)n2)c(F)cc1Br. The Balaban J connectivity index is 2.40. The third-order valence-corrected chi connectivity index (χ3v) is 3.04. The van der Waals surface area contributed by atoms with Crippen molar-refractivity contribution in [2.75, 3.05) is 5.32 Å². The average Bonchev–Trinajstić information content (AvgIpc) is 2.34. The van der Waals surface area contributed by atoms with Gasteiger partial charge in [-0.15, -0.1) is 0 Å². The molecule has 1 heterocycles. The lowest BCUT2D eigenvalue weighted by atomic mass is 10.3. The van der Waals surface area contributed by atoms with Gasteiger partial charge in [0.05, 0.1) is 10.2 Å². The highest BCUT2D eigenvalue weighted by Crippen LogP contribution is 2.31. The third kappa shape index (κ3) is 3.79. The zero-order chi connectivity index (χ0) is 15.8. The normalized spacial score (nSPS) is 11.6. The lowest BCUT2D eigenvalue weighted by Gasteiger charge is -2.11. The zero-order valence-electron chi connectivity index (χ0n) is 9.77. The molecule has 0 fully saturated rings. The third-order valence-electron chi connectivity index (χ3n) is 2.26. The molecule has 112 valence electrons. The molecule has 0 saturated heterocycles. The first-order valence-corrected chi connectivity index (χ1v) is 6.37. The summed E-state index contributed by atoms with van der Waals surface area (Å²) in [4.78, 5) is 6.49. The first kappa shape index (κ1) is 15.9. The predicted molar refractivity (Wildman–Crippen MR) is 69.4 cm³/mol. The number of aromatic nitrogens is 2. The molecule has 0 bridgehead atoms. The van der Waals surface area contributed by atoms with Crippen LogP contribution in [0.3, 0.4) is 0 Å². The maximum absolute atomic E-state index is 13.6. The van der Waals surface area contributed by atoms with Crippen LogP contribution in [0, 0.1) is 11.6 Å². The molecule has 0 aliphatic heterocycles. The molecule has 1 aromatic heterocycles. The molecular formula is C11H4BrClF5N3. The van der Waals surface area contributed by atoms with Crippen LogP contribution < -0.4 is 5.32 Å². The number of hydrogen-bond acceptors (Lipinski definition) is 3. The Hall–Kier alpha value is -1.48. The van der Waals surface area contributed by atoms with E-state index in [-0.39, 0.29) is 4.47 Å². The van der Waals surface area contributed by atoms with Gasteiger partial charge in [0, 0.05) is 12.1 Å². The summed E-state index contributed by atoms with van der Waals surface area (Å²) in [6.07, 6.45) is -4.74. The fraction of sp³-hybridized carbons (Fsp3) is 0.0909. The summed E-state index contributed by atoms with van der Waals surface area (Å²) >= 11 is 8.16. The maximum Gasteiger partial charge on any atom is 0.433 e. The van der Waals surface area contributed by atoms with Gasteiger partial charge >= 0.3 is 6.18 Å². The Morgan fingerprint density at radius 1 is 1.05 bits per heavy atom. The summed E-state index contributed by atoms with van der Waals surface area (Å²) in [5, 5.41) is 1.55. The molecule has 1 aromatic carbocycles. The first-order chi connectivity index (χ1) is 9.66. The van der Waals surface area contributed by atoms with Gasteiger partial charge in [0.15, 0.2) is 5.69 Å². The molecule has 3 nitrogen and oxygen atoms in total. The highest BCUT2D eigenvalue weighted by atomic mass is 79.9. The van der Waals surface area contributed by atoms with E-state index in [4.69, 9.17) is 11.6 Å². The number of benzene rings is 1. The van der Waals surface area contributed by atoms with Crippen LogP contribution in [-0.4, -0.2) is 9.97 Å². The molecular weight excluding hydrogens is 384 g/mol. The molecule has 2 rings (SSSR count). The second-order valence-electron chi connectivity index (χ2n) is 3.78. The van der Waals surface area contributed by atoms with E-state index in [1.165, 1.54) is 0 Å². The maximum atomic E-state index is 13.6. The van der Waals surface area contributed by atoms with Gasteiger partial charge < -0.3 is 5.32 Å². The highest BCUT2D eigenvalue weighted by molar-refractivity contribution is 9.10. The lowest BCUT2D eigenvalue weighted by molar-refractivity contribution is -0.141. The number of nitrogens with one attached hydrogen (secondary N) is 1. The van der Waals surface area contributed by atoms with Crippen molar-refractivity contribution in [3.8, 4) is 0 Å². The standard InChI is InChI=1S/C11H4BrClF5N3/c12-4-1-6(15)7(2-5(4)14)19-9-3-8(11(16,17)18)20-10(13)21-9/h1-3H,(H,19,20,21). The van der Waals surface area contributed by atoms with E-state index in [0.717, 1.165) is 12.1 Å². The molecule has 0 unspecified atom stereocenters. The van der Waals surface area contributed by atoms with Crippen LogP contribution in [0.1, 0.15) is 5.69 Å². The molecule has 2 aromatic rings. The van der Waals surface area contributed by atoms with Gasteiger partial charge in [-0.2, -0.15) is 13.2 Å². The van der Waals surface area contributed by atoms with Gasteiger partial charge in [0.1, 0.15) is 17.5 Å². The van der Waals surface area contributed by atoms with Gasteiger partial charge in [-0.1, -0.05) is 0 Å². The average molecular weight is 389 g/mol. The van der Waals surface area contributed by atoms with E-state index < -0.39 is 40.3 Å². The summed E-state index contributed by atoms with van der Waals surface area (Å²) in [5.74, 6) is -2.09. The summed E-state index contributed by atoms with van der Waals surface area (Å²) in [6, 6.07) is 2.12. The molecule has 0 atom stereocenters. The van der Waals surface area contributed by atoms with Gasteiger partial charge in [-0.25, -0.2) is 18.7 Å². The Bertz CT molecular complexity index is 692. The van der Waals surface area contributed by atoms with Gasteiger partial charge in [-0.3, -0.25) is 0 Å². The molecule has 1 N–H and O–H groups in total. The van der Waals surface area contributed by atoms with Crippen LogP contribution in [-0.2, 0) is 6.18 Å². The zero-order valence-corrected chi connectivity index (χ0v) is 12.1. The van der Waals surface area contributed by atoms with Crippen LogP contribution in [0.5, 0.6) is 0 Å². The quantitative estimate of drug-likeness (QED) is 0.450. The second kappa shape index (κ2) is 5.72. The van der Waals surface area contributed by atoms with Crippen molar-refractivity contribution < 1.29 is 22.0 Å². The Kier molecular flexibility index (Phi) is 4.33. The molecule has 0 amide bonds. The minimum Gasteiger partial charge on any atom is -0.338 e. The van der Waals surface area contributed by atoms with E-state index in [2.05, 4.69) is 31.2 Å². The Labute approximate surface area is 128 Å². The van der Waals surface area contributed by atoms with Gasteiger partial charge in [0.2, 0.25) is 5.28 Å². The highest BCUT2D eigenvalue weighted by Gasteiger charge is 2.33. The minimum atomic E-state index is -4.74. The molecule has 0 saturated carbocycles. The fourth-order valence-electron chi connectivity index (χ4n) is 1.38. The molecule has 0 spiro atoms. The van der Waals surface area contributed by atoms with Crippen LogP contribution in [0.2, 0.25) is 5.28 Å². The second-order valence-corrected chi connectivity index (χ2v) is 4.97. The van der Waals surface area contributed by atoms with Crippen molar-refractivity contribution in [3.63, 3.8) is 0 Å². The minimum absolute atomic E-state index is 0.123. The summed E-state index contributed by atoms with van der Waals surface area (Å²) in [5.41, 5.74) is -1.69. The van der Waals surface area contributed by atoms with Crippen molar-refractivity contribution in [1.82, 2.24) is 9.97 Å². The lowest BCUT2D eigenvalue weighted by Crippen LogP contribution is -2.10. The van der Waals surface area contributed by atoms with Gasteiger partial charge in [0.25, 0.3) is 0 Å². The van der Waals surface area contributed by atoms with Gasteiger partial charge in [-0.05, 0) is 33.6 Å². The van der Waals surface area contributed by atoms with Crippen LogP contribution >= 0.6 is 27.5 Å². The largest absolute Gasteiger partial charge is 0.433 e. The van der Waals surface area contributed by atoms with E-state index in [1.807, 2.05) is 0 Å². The monoisotopic (exact) mass is 387 g/mol. The number of halogens is 7. The van der Waals surface area contributed by atoms with Crippen molar-refractivity contribution in [3.05, 3.63) is 45.3 Å². The fourth-order valence-corrected chi connectivity index (χ4v) is 1.88. The van der Waals surface area contributed by atoms with E-state index in [0.29, 0.717) is 6.07 Å². The Morgan fingerprint density at radius 3 is 2.33 bits per heavy atom. The molecule has 0 radical (unpaired) electrons. The molecule has 21 heavy (non-hydrogen) atoms. The predicted octanol–water partition coefficient (Wildman–Crippen LogP) is 4.93. The number of rotatable bonds is 2. The van der Waals surface area contributed by atoms with Crippen LogP contribution in [0.15, 0.2) is 22.7 Å². The summed E-state index contributed by atoms with van der Waals surface area (Å²) in [6.45, 7) is 0. The molecule has 0 aliphatic carbocycles. The van der Waals surface area contributed by atoms with Crippen molar-refractivity contribution >= 4 is 39.0 Å². The van der Waals surface area contributed by atoms with Crippen molar-refractivity contribution in [2.24, 2.45) is 0 Å². The number of nitrogens with zero attached hydrogens (tertiary/aromatic N) is 2. The number of alkyl halides is 3. The van der Waals surface area contributed by atoms with Crippen LogP contribution in [0.25, 0.3) is 0 Å². The summed E-state index contributed by atoms with van der Waals surface area (Å²) in [7, 11) is 0. The van der Waals surface area contributed by atoms with E-state index in [1.54, 1.807) is 0 Å². The first-order valence-electron chi connectivity index (χ1n) is 5.20. The topological polar surface area (TPSA) is 37.8 Å². The van der Waals surface area contributed by atoms with Crippen LogP contribution in [0.4, 0.5) is 33.5 Å². The van der Waals surface area contributed by atoms with E-state index in [9.17, 15) is 22.0 Å². The summed E-state index contributed by atoms with van der Waals surface area (Å²) < 4.78 is 64.5. The van der Waals surface area contributed by atoms with Crippen molar-refractivity contribution in [2.45, 2.75) is 6.18 Å². The Morgan fingerprint density at radius 2 is 1.71 bits per heavy atom. The van der Waals surface area contributed by atoms with E-state index >= 15 is 0 Å². The number of hydrogen-bond donors (Lipinski definition) is 1. The smallest absolute Gasteiger partial charge is 0.338 e. The number of anilines is 2. The van der Waals surface area contributed by atoms with Crippen molar-refractivity contribution in [1.29, 1.82) is 0 Å². The molecule has 0 aliphatic rings.